The van der Waals surface area contributed by atoms with Gasteiger partial charge in [-0.1, -0.05) is 276 Å². The van der Waals surface area contributed by atoms with Gasteiger partial charge in [0.15, 0.2) is 6.10 Å². The van der Waals surface area contributed by atoms with E-state index in [1.54, 1.807) is 0 Å². The average Bonchev–Trinajstić information content (AvgIpc) is 3.42. The van der Waals surface area contributed by atoms with E-state index in [1.807, 2.05) is 0 Å². The van der Waals surface area contributed by atoms with Crippen LogP contribution in [0.25, 0.3) is 0 Å². The van der Waals surface area contributed by atoms with E-state index in [-0.39, 0.29) is 37.5 Å². The van der Waals surface area contributed by atoms with Crippen molar-refractivity contribution in [1.29, 1.82) is 0 Å². The lowest BCUT2D eigenvalue weighted by molar-refractivity contribution is -0.167. The van der Waals surface area contributed by atoms with E-state index in [1.165, 1.54) is 109 Å². The summed E-state index contributed by atoms with van der Waals surface area (Å²) in [4.78, 5) is 38.1. The van der Waals surface area contributed by atoms with Crippen LogP contribution < -0.4 is 0 Å². The number of hydrogen-bond donors (Lipinski definition) is 0. The molecule has 1 unspecified atom stereocenters. The van der Waals surface area contributed by atoms with Crippen molar-refractivity contribution in [2.45, 2.75) is 277 Å². The maximum atomic E-state index is 12.8. The number of rotatable bonds is 55. The van der Waals surface area contributed by atoms with E-state index in [0.717, 1.165) is 116 Å². The maximum absolute atomic E-state index is 12.8. The second-order valence-electron chi connectivity index (χ2n) is 20.2. The van der Waals surface area contributed by atoms with Gasteiger partial charge in [-0.2, -0.15) is 0 Å². The van der Waals surface area contributed by atoms with Crippen LogP contribution in [0.1, 0.15) is 271 Å². The van der Waals surface area contributed by atoms with Crippen LogP contribution in [0.3, 0.4) is 0 Å². The van der Waals surface area contributed by atoms with Crippen molar-refractivity contribution in [3.63, 3.8) is 0 Å². The van der Waals surface area contributed by atoms with Crippen molar-refractivity contribution in [2.24, 2.45) is 0 Å². The second-order valence-corrected chi connectivity index (χ2v) is 20.2. The zero-order valence-electron chi connectivity index (χ0n) is 49.2. The summed E-state index contributed by atoms with van der Waals surface area (Å²) in [6.07, 6.45) is 89.0. The van der Waals surface area contributed by atoms with Gasteiger partial charge in [0.05, 0.1) is 0 Å². The third-order valence-electron chi connectivity index (χ3n) is 12.9. The monoisotopic (exact) mass is 1050 g/mol. The van der Waals surface area contributed by atoms with Crippen LogP contribution in [0.4, 0.5) is 0 Å². The van der Waals surface area contributed by atoms with Gasteiger partial charge in [0.25, 0.3) is 0 Å². The van der Waals surface area contributed by atoms with Crippen molar-refractivity contribution >= 4 is 17.9 Å². The van der Waals surface area contributed by atoms with Crippen LogP contribution in [0, 0.1) is 0 Å². The van der Waals surface area contributed by atoms with Gasteiger partial charge in [-0.05, 0) is 109 Å². The van der Waals surface area contributed by atoms with Gasteiger partial charge in [-0.15, -0.1) is 0 Å². The van der Waals surface area contributed by atoms with Crippen molar-refractivity contribution in [2.75, 3.05) is 13.2 Å². The molecule has 76 heavy (non-hydrogen) atoms. The van der Waals surface area contributed by atoms with Gasteiger partial charge >= 0.3 is 17.9 Å². The van der Waals surface area contributed by atoms with Crippen LogP contribution >= 0.6 is 0 Å². The molecule has 1 atom stereocenters. The van der Waals surface area contributed by atoms with Crippen LogP contribution in [0.15, 0.2) is 134 Å². The number of ether oxygens (including phenoxy) is 3. The Balaban J connectivity index is 4.26. The molecular formula is C70H114O6. The predicted molar refractivity (Wildman–Crippen MR) is 329 cm³/mol. The molecular weight excluding hydrogens is 937 g/mol. The molecule has 0 aromatic carbocycles. The molecule has 0 N–H and O–H groups in total. The highest BCUT2D eigenvalue weighted by molar-refractivity contribution is 5.71. The lowest BCUT2D eigenvalue weighted by Gasteiger charge is -2.18. The summed E-state index contributed by atoms with van der Waals surface area (Å²) in [5, 5.41) is 0. The van der Waals surface area contributed by atoms with Crippen molar-refractivity contribution in [1.82, 2.24) is 0 Å². The minimum atomic E-state index is -0.810. The van der Waals surface area contributed by atoms with Crippen LogP contribution in [-0.2, 0) is 28.6 Å². The molecule has 0 saturated heterocycles. The highest BCUT2D eigenvalue weighted by atomic mass is 16.6. The molecule has 0 rings (SSSR count). The number of carbonyl (C=O) groups is 3. The summed E-state index contributed by atoms with van der Waals surface area (Å²) in [5.74, 6) is -0.964. The van der Waals surface area contributed by atoms with E-state index >= 15 is 0 Å². The molecule has 0 spiro atoms. The molecule has 0 fully saturated rings. The van der Waals surface area contributed by atoms with E-state index in [0.29, 0.717) is 19.3 Å². The molecule has 0 aliphatic carbocycles. The highest BCUT2D eigenvalue weighted by Crippen LogP contribution is 2.15. The Labute approximate surface area is 468 Å². The van der Waals surface area contributed by atoms with Crippen molar-refractivity contribution < 1.29 is 28.6 Å². The Morgan fingerprint density at radius 2 is 0.526 bits per heavy atom. The average molecular weight is 1050 g/mol. The maximum Gasteiger partial charge on any atom is 0.306 e. The first-order valence-electron chi connectivity index (χ1n) is 31.2. The van der Waals surface area contributed by atoms with Crippen LogP contribution in [0.5, 0.6) is 0 Å². The number of allylic oxidation sites excluding steroid dienone is 22. The molecule has 0 aromatic rings. The van der Waals surface area contributed by atoms with Gasteiger partial charge in [0.1, 0.15) is 13.2 Å². The fourth-order valence-electron chi connectivity index (χ4n) is 8.31. The van der Waals surface area contributed by atoms with Gasteiger partial charge < -0.3 is 14.2 Å². The molecule has 430 valence electrons. The van der Waals surface area contributed by atoms with Gasteiger partial charge in [-0.3, -0.25) is 14.4 Å². The summed E-state index contributed by atoms with van der Waals surface area (Å²) in [7, 11) is 0. The van der Waals surface area contributed by atoms with Crippen molar-refractivity contribution in [3.8, 4) is 0 Å². The summed E-state index contributed by atoms with van der Waals surface area (Å²) >= 11 is 0. The molecule has 0 aromatic heterocycles. The first-order chi connectivity index (χ1) is 37.5. The number of esters is 3. The SMILES string of the molecule is CC/C=C\C/C=C\C/C=C\C/C=C\C/C=C\C/C=C\CCCCCCCCCCCCCCC(=O)OCC(COC(=O)CCCCCCCCCCCC)OC(=O)CCC/C=C\C/C=C\C/C=C\C/C=C\C/C=C\CC. The van der Waals surface area contributed by atoms with Gasteiger partial charge in [0.2, 0.25) is 0 Å². The molecule has 0 bridgehead atoms. The minimum absolute atomic E-state index is 0.102. The zero-order valence-corrected chi connectivity index (χ0v) is 49.2. The Kier molecular flexibility index (Phi) is 59.4. The number of unbranched alkanes of at least 4 members (excludes halogenated alkanes) is 22. The summed E-state index contributed by atoms with van der Waals surface area (Å²) < 4.78 is 16.8. The topological polar surface area (TPSA) is 78.9 Å². The lowest BCUT2D eigenvalue weighted by atomic mass is 10.0. The molecule has 6 nitrogen and oxygen atoms in total. The summed E-state index contributed by atoms with van der Waals surface area (Å²) in [6, 6.07) is 0. The predicted octanol–water partition coefficient (Wildman–Crippen LogP) is 21.4. The normalized spacial score (nSPS) is 13.0. The summed E-state index contributed by atoms with van der Waals surface area (Å²) in [5.41, 5.74) is 0. The first-order valence-corrected chi connectivity index (χ1v) is 31.2. The fraction of sp³-hybridized carbons (Fsp3) is 0.643. The Bertz CT molecular complexity index is 1630. The second kappa shape index (κ2) is 63.1. The standard InChI is InChI=1S/C70H114O6/c1-4-7-10-13-16-19-22-24-26-28-29-30-31-32-33-34-35-36-37-38-39-40-41-43-44-46-48-51-54-57-60-63-69(72)75-66-67(65-74-68(71)62-59-56-53-50-21-18-15-12-9-6-3)76-70(73)64-61-58-55-52-49-47-45-42-27-25-23-20-17-14-11-8-5-2/h7-8,10-11,16-17,19-20,24-27,29-30,32-33,35-36,45,47,52,55,67H,4-6,9,12-15,18,21-23,28,31,34,37-44,46,48-51,53-54,56-66H2,1-3H3/b10-7-,11-8-,19-16-,20-17-,26-24-,27-25-,30-29-,33-32-,36-35-,47-45-,55-52-. The first kappa shape index (κ1) is 71.5. The van der Waals surface area contributed by atoms with Crippen LogP contribution in [-0.4, -0.2) is 37.2 Å². The Morgan fingerprint density at radius 1 is 0.276 bits per heavy atom. The highest BCUT2D eigenvalue weighted by Gasteiger charge is 2.19. The fourth-order valence-corrected chi connectivity index (χ4v) is 8.31. The van der Waals surface area contributed by atoms with E-state index in [2.05, 4.69) is 154 Å². The molecule has 0 heterocycles. The Hall–Kier alpha value is -4.45. The molecule has 0 amide bonds. The quantitative estimate of drug-likeness (QED) is 0.0261. The number of carbonyl (C=O) groups excluding carboxylic acids is 3. The van der Waals surface area contributed by atoms with Gasteiger partial charge in [0, 0.05) is 19.3 Å². The Morgan fingerprint density at radius 3 is 0.842 bits per heavy atom. The zero-order chi connectivity index (χ0) is 55.0. The molecule has 0 saturated carbocycles. The molecule has 0 aliphatic rings. The van der Waals surface area contributed by atoms with E-state index < -0.39 is 6.10 Å². The molecule has 0 radical (unpaired) electrons. The smallest absolute Gasteiger partial charge is 0.306 e. The third-order valence-corrected chi connectivity index (χ3v) is 12.9. The van der Waals surface area contributed by atoms with E-state index in [9.17, 15) is 14.4 Å². The van der Waals surface area contributed by atoms with E-state index in [4.69, 9.17) is 14.2 Å². The lowest BCUT2D eigenvalue weighted by Crippen LogP contribution is -2.30. The minimum Gasteiger partial charge on any atom is -0.462 e. The number of hydrogen-bond acceptors (Lipinski definition) is 6. The van der Waals surface area contributed by atoms with Crippen LogP contribution in [0.2, 0.25) is 0 Å². The molecule has 6 heteroatoms. The third kappa shape index (κ3) is 60.4. The van der Waals surface area contributed by atoms with Crippen molar-refractivity contribution in [3.05, 3.63) is 134 Å². The molecule has 0 aliphatic heterocycles. The summed E-state index contributed by atoms with van der Waals surface area (Å²) in [6.45, 7) is 6.35. The van der Waals surface area contributed by atoms with Gasteiger partial charge in [-0.25, -0.2) is 0 Å². The largest absolute Gasteiger partial charge is 0.462 e.